The number of halogens is 3. The number of benzene rings is 2. The van der Waals surface area contributed by atoms with Crippen molar-refractivity contribution < 1.29 is 22.8 Å². The van der Waals surface area contributed by atoms with E-state index >= 15 is 0 Å². The van der Waals surface area contributed by atoms with Crippen LogP contribution in [0.25, 0.3) is 21.3 Å². The molecule has 12 heteroatoms. The van der Waals surface area contributed by atoms with Crippen LogP contribution in [0.2, 0.25) is 0 Å². The molecule has 2 N–H and O–H groups in total. The lowest BCUT2D eigenvalue weighted by Crippen LogP contribution is -2.38. The Kier molecular flexibility index (Phi) is 8.76. The van der Waals surface area contributed by atoms with Gasteiger partial charge < -0.3 is 19.9 Å². The molecule has 0 spiro atoms. The summed E-state index contributed by atoms with van der Waals surface area (Å²) in [5.41, 5.74) is 4.10. The van der Waals surface area contributed by atoms with Crippen LogP contribution >= 0.6 is 11.3 Å². The molecule has 1 aliphatic carbocycles. The Balaban J connectivity index is 1.21. The zero-order valence-corrected chi connectivity index (χ0v) is 24.6. The second kappa shape index (κ2) is 12.1. The molecule has 0 amide bonds. The van der Waals surface area contributed by atoms with Gasteiger partial charge in [0, 0.05) is 24.5 Å². The minimum Gasteiger partial charge on any atom is -0.593 e. The molecular weight excluding hydrogens is 571 g/mol. The summed E-state index contributed by atoms with van der Waals surface area (Å²) in [6.45, 7) is 0.634. The Hall–Kier alpha value is -2.90. The fourth-order valence-corrected chi connectivity index (χ4v) is 6.73. The van der Waals surface area contributed by atoms with Crippen LogP contribution in [-0.2, 0) is 24.3 Å². The largest absolute Gasteiger partial charge is 0.593 e. The number of anilines is 2. The summed E-state index contributed by atoms with van der Waals surface area (Å²) < 4.78 is 52.4. The first-order valence-electron chi connectivity index (χ1n) is 13.2. The number of likely N-dealkylation sites (N-methyl/N-ethyl adjacent to an activating group) is 1. The van der Waals surface area contributed by atoms with Gasteiger partial charge >= 0.3 is 6.18 Å². The van der Waals surface area contributed by atoms with Crippen LogP contribution in [0, 0.1) is 0 Å². The predicted molar refractivity (Wildman–Crippen MR) is 160 cm³/mol. The van der Waals surface area contributed by atoms with Crippen LogP contribution in [0.1, 0.15) is 23.3 Å². The third-order valence-electron chi connectivity index (χ3n) is 7.54. The molecule has 0 bridgehead atoms. The molecule has 0 saturated heterocycles. The van der Waals surface area contributed by atoms with E-state index in [9.17, 15) is 22.8 Å². The number of alkyl halides is 3. The molecular formula is C29H32F3N5O2S2. The maximum absolute atomic E-state index is 12.9. The number of fused-ring (bicyclic) bond motifs is 1. The number of aliphatic hydroxyl groups excluding tert-OH is 1. The van der Waals surface area contributed by atoms with Gasteiger partial charge in [0.1, 0.15) is 23.2 Å². The Morgan fingerprint density at radius 1 is 1.07 bits per heavy atom. The van der Waals surface area contributed by atoms with Gasteiger partial charge in [-0.05, 0) is 47.7 Å². The summed E-state index contributed by atoms with van der Waals surface area (Å²) >= 11 is -0.0803. The quantitative estimate of drug-likeness (QED) is 0.251. The monoisotopic (exact) mass is 603 g/mol. The van der Waals surface area contributed by atoms with Crippen molar-refractivity contribution >= 4 is 44.4 Å². The van der Waals surface area contributed by atoms with Crippen LogP contribution in [0.3, 0.4) is 0 Å². The standard InChI is InChI=1S/C29H32F3N5O2S2/c1-36(27-24-14-23(15-29(30,31)32)40-28(24)35-17-34-27)25-12-21(13-26(25)38)33-16-18-7-9-19(10-8-18)20-5-4-6-22(11-20)37(2)41(3)39/h4-11,14,17,21,25-26,33,38H,12-13,15-16H2,1-3H3/t21-,25+,26-,41?/m1/s1. The third-order valence-corrected chi connectivity index (χ3v) is 9.56. The van der Waals surface area contributed by atoms with E-state index < -0.39 is 30.1 Å². The smallest absolute Gasteiger partial charge is 0.393 e. The van der Waals surface area contributed by atoms with E-state index in [4.69, 9.17) is 0 Å². The van der Waals surface area contributed by atoms with Gasteiger partial charge in [0.2, 0.25) is 0 Å². The molecule has 2 heterocycles. The number of hydrogen-bond acceptors (Lipinski definition) is 8. The van der Waals surface area contributed by atoms with Gasteiger partial charge in [-0.3, -0.25) is 0 Å². The molecule has 1 fully saturated rings. The summed E-state index contributed by atoms with van der Waals surface area (Å²) in [5.74, 6) is 0.528. The summed E-state index contributed by atoms with van der Waals surface area (Å²) in [7, 11) is 3.62. The fourth-order valence-electron chi connectivity index (χ4n) is 5.30. The van der Waals surface area contributed by atoms with E-state index in [2.05, 4.69) is 39.6 Å². The van der Waals surface area contributed by atoms with Crippen molar-refractivity contribution in [2.75, 3.05) is 29.6 Å². The second-order valence-electron chi connectivity index (χ2n) is 10.4. The lowest BCUT2D eigenvalue weighted by Gasteiger charge is -2.28. The molecule has 1 saturated carbocycles. The van der Waals surface area contributed by atoms with E-state index in [1.54, 1.807) is 17.6 Å². The molecule has 218 valence electrons. The molecule has 7 nitrogen and oxygen atoms in total. The first-order chi connectivity index (χ1) is 19.5. The minimum atomic E-state index is -4.29. The maximum Gasteiger partial charge on any atom is 0.393 e. The van der Waals surface area contributed by atoms with Crippen molar-refractivity contribution in [2.45, 2.75) is 50.2 Å². The zero-order valence-electron chi connectivity index (χ0n) is 22.9. The fraction of sp³-hybridized carbons (Fsp3) is 0.379. The highest BCUT2D eigenvalue weighted by molar-refractivity contribution is 7.92. The van der Waals surface area contributed by atoms with E-state index in [1.165, 1.54) is 12.4 Å². The number of nitrogens with one attached hydrogen (secondary N) is 1. The molecule has 0 aliphatic heterocycles. The SMILES string of the molecule is CN(c1ncnc2sc(CC(F)(F)F)cc12)[C@H]1C[C@@H](NCc2ccc(-c3cccc(N(C)[S+](C)[O-])c3)cc2)C[C@H]1O. The number of aromatic nitrogens is 2. The van der Waals surface area contributed by atoms with Crippen molar-refractivity contribution in [1.82, 2.24) is 15.3 Å². The van der Waals surface area contributed by atoms with Gasteiger partial charge in [-0.25, -0.2) is 9.97 Å². The van der Waals surface area contributed by atoms with E-state index in [0.717, 1.165) is 33.7 Å². The number of hydrogen-bond donors (Lipinski definition) is 2. The van der Waals surface area contributed by atoms with Gasteiger partial charge in [-0.1, -0.05) is 36.4 Å². The topological polar surface area (TPSA) is 87.6 Å². The molecule has 4 atom stereocenters. The Labute approximate surface area is 244 Å². The number of thiophene rings is 1. The summed E-state index contributed by atoms with van der Waals surface area (Å²) in [6.07, 6.45) is -1.67. The summed E-state index contributed by atoms with van der Waals surface area (Å²) in [6, 6.07) is 17.5. The molecule has 4 aromatic rings. The van der Waals surface area contributed by atoms with E-state index in [1.807, 2.05) is 36.2 Å². The number of nitrogens with zero attached hydrogens (tertiary/aromatic N) is 4. The van der Waals surface area contributed by atoms with E-state index in [0.29, 0.717) is 35.4 Å². The second-order valence-corrected chi connectivity index (χ2v) is 12.9. The molecule has 2 aromatic carbocycles. The van der Waals surface area contributed by atoms with Crippen molar-refractivity contribution in [1.29, 1.82) is 0 Å². The minimum absolute atomic E-state index is 0.0693. The van der Waals surface area contributed by atoms with Crippen molar-refractivity contribution in [3.8, 4) is 11.1 Å². The van der Waals surface area contributed by atoms with Crippen molar-refractivity contribution in [2.24, 2.45) is 0 Å². The van der Waals surface area contributed by atoms with Crippen LogP contribution in [0.15, 0.2) is 60.9 Å². The number of aliphatic hydroxyl groups is 1. The van der Waals surface area contributed by atoms with Crippen molar-refractivity contribution in [3.63, 3.8) is 0 Å². The van der Waals surface area contributed by atoms with E-state index in [-0.39, 0.29) is 17.0 Å². The third kappa shape index (κ3) is 6.95. The Morgan fingerprint density at radius 3 is 2.54 bits per heavy atom. The zero-order chi connectivity index (χ0) is 29.3. The number of rotatable bonds is 9. The van der Waals surface area contributed by atoms with Gasteiger partial charge in [-0.15, -0.1) is 11.3 Å². The highest BCUT2D eigenvalue weighted by Crippen LogP contribution is 2.36. The molecule has 1 unspecified atom stereocenters. The normalized spacial score (nSPS) is 20.0. The van der Waals surface area contributed by atoms with Crippen LogP contribution in [0.5, 0.6) is 0 Å². The average molecular weight is 604 g/mol. The van der Waals surface area contributed by atoms with Crippen LogP contribution in [0.4, 0.5) is 24.7 Å². The summed E-state index contributed by atoms with van der Waals surface area (Å²) in [5, 5.41) is 15.0. The lowest BCUT2D eigenvalue weighted by atomic mass is 10.0. The van der Waals surface area contributed by atoms with Crippen LogP contribution < -0.4 is 14.5 Å². The van der Waals surface area contributed by atoms with Crippen LogP contribution in [-0.4, -0.2) is 64.3 Å². The highest BCUT2D eigenvalue weighted by atomic mass is 32.2. The highest BCUT2D eigenvalue weighted by Gasteiger charge is 2.37. The average Bonchev–Trinajstić information content (AvgIpc) is 3.52. The molecule has 0 radical (unpaired) electrons. The van der Waals surface area contributed by atoms with Gasteiger partial charge in [0.25, 0.3) is 0 Å². The van der Waals surface area contributed by atoms with Gasteiger partial charge in [0.15, 0.2) is 0 Å². The molecule has 2 aromatic heterocycles. The molecule has 41 heavy (non-hydrogen) atoms. The maximum atomic E-state index is 12.9. The predicted octanol–water partition coefficient (Wildman–Crippen LogP) is 5.31. The first-order valence-corrected chi connectivity index (χ1v) is 15.5. The Morgan fingerprint density at radius 2 is 1.83 bits per heavy atom. The molecule has 5 rings (SSSR count). The van der Waals surface area contributed by atoms with Gasteiger partial charge in [-0.2, -0.15) is 17.5 Å². The molecule has 1 aliphatic rings. The van der Waals surface area contributed by atoms with Gasteiger partial charge in [0.05, 0.1) is 48.0 Å². The summed E-state index contributed by atoms with van der Waals surface area (Å²) in [4.78, 5) is 11.1. The van der Waals surface area contributed by atoms with Crippen molar-refractivity contribution in [3.05, 3.63) is 71.4 Å². The first kappa shape index (κ1) is 29.6. The Bertz CT molecular complexity index is 1480. The lowest BCUT2D eigenvalue weighted by molar-refractivity contribution is -0.126.